The third kappa shape index (κ3) is 1.92. The van der Waals surface area contributed by atoms with E-state index >= 15 is 0 Å². The predicted octanol–water partition coefficient (Wildman–Crippen LogP) is -0.0401. The third-order valence-electron chi connectivity index (χ3n) is 0.997. The summed E-state index contributed by atoms with van der Waals surface area (Å²) in [7, 11) is 3.49. The molecule has 0 aromatic heterocycles. The van der Waals surface area contributed by atoms with Crippen molar-refractivity contribution in [3.63, 3.8) is 0 Å². The first-order valence-corrected chi connectivity index (χ1v) is 4.16. The van der Waals surface area contributed by atoms with Crippen molar-refractivity contribution in [3.8, 4) is 0 Å². The Morgan fingerprint density at radius 2 is 1.75 bits per heavy atom. The molecule has 4 nitrogen and oxygen atoms in total. The van der Waals surface area contributed by atoms with E-state index in [-0.39, 0.29) is 0 Å². The number of hydrogen-bond donors (Lipinski definition) is 3. The molecule has 0 saturated carbocycles. The molecule has 0 spiro atoms. The van der Waals surface area contributed by atoms with Gasteiger partial charge in [0.25, 0.3) is 0 Å². The Hall–Kier alpha value is 0.110. The van der Waals surface area contributed by atoms with Crippen LogP contribution in [0.2, 0.25) is 0 Å². The maximum atomic E-state index is 5.62. The van der Waals surface area contributed by atoms with Gasteiger partial charge in [0.1, 0.15) is 0 Å². The summed E-state index contributed by atoms with van der Waals surface area (Å²) in [5.41, 5.74) is 5.62. The average molecular weight is 136 g/mol. The zero-order valence-electron chi connectivity index (χ0n) is 5.47. The molecule has 0 radical (unpaired) electrons. The van der Waals surface area contributed by atoms with Gasteiger partial charge in [0.05, 0.1) is 0 Å². The van der Waals surface area contributed by atoms with Crippen LogP contribution in [0, 0.1) is 0 Å². The van der Waals surface area contributed by atoms with Crippen molar-refractivity contribution in [2.45, 2.75) is 0 Å². The van der Waals surface area contributed by atoms with Crippen LogP contribution in [-0.2, 0) is 0 Å². The molecular weight excluding hydrogens is 123 g/mol. The normalized spacial score (nSPS) is 11.5. The van der Waals surface area contributed by atoms with Crippen molar-refractivity contribution in [2.75, 3.05) is 21.1 Å². The second-order valence-electron chi connectivity index (χ2n) is 1.33. The lowest BCUT2D eigenvalue weighted by molar-refractivity contribution is 1.10. The lowest BCUT2D eigenvalue weighted by atomic mass is 11.6. The number of rotatable bonds is 2. The molecule has 0 unspecified atom stereocenters. The lowest BCUT2D eigenvalue weighted by Gasteiger charge is -2.14. The highest BCUT2D eigenvalue weighted by molar-refractivity contribution is 7.59. The maximum Gasteiger partial charge on any atom is 0.156 e. The zero-order valence-corrected chi connectivity index (χ0v) is 6.37. The van der Waals surface area contributed by atoms with Gasteiger partial charge in [-0.3, -0.25) is 20.4 Å². The highest BCUT2D eigenvalue weighted by Gasteiger charge is 2.01. The largest absolute Gasteiger partial charge is 0.274 e. The molecular formula is C3H13N4P. The second-order valence-corrected chi connectivity index (χ2v) is 4.00. The Balaban J connectivity index is 4.00. The zero-order chi connectivity index (χ0) is 6.62. The van der Waals surface area contributed by atoms with Gasteiger partial charge in [-0.15, -0.1) is 0 Å². The smallest absolute Gasteiger partial charge is 0.156 e. The fraction of sp³-hybridized carbons (Fsp3) is 1.00. The van der Waals surface area contributed by atoms with Crippen LogP contribution in [0.4, 0.5) is 0 Å². The molecule has 0 aliphatic carbocycles. The highest BCUT2D eigenvalue weighted by Crippen LogP contribution is 2.25. The van der Waals surface area contributed by atoms with Crippen LogP contribution in [0.1, 0.15) is 0 Å². The molecule has 0 aliphatic heterocycles. The Labute approximate surface area is 50.1 Å². The second kappa shape index (κ2) is 3.20. The molecule has 5 heteroatoms. The van der Waals surface area contributed by atoms with Crippen LogP contribution in [0.15, 0.2) is 4.74 Å². The van der Waals surface area contributed by atoms with Crippen LogP contribution in [-0.4, -0.2) is 21.1 Å². The highest BCUT2D eigenvalue weighted by atomic mass is 31.2. The molecule has 0 fully saturated rings. The molecule has 50 valence electrons. The van der Waals surface area contributed by atoms with Gasteiger partial charge < -0.3 is 0 Å². The van der Waals surface area contributed by atoms with Gasteiger partial charge in [-0.25, -0.2) is 0 Å². The minimum Gasteiger partial charge on any atom is -0.274 e. The predicted molar refractivity (Wildman–Crippen MR) is 37.6 cm³/mol. The van der Waals surface area contributed by atoms with Gasteiger partial charge in [0, 0.05) is 7.05 Å². The Bertz CT molecular complexity index is 102. The lowest BCUT2D eigenvalue weighted by Crippen LogP contribution is -2.22. The summed E-state index contributed by atoms with van der Waals surface area (Å²) in [5.74, 6) is 0. The molecule has 4 N–H and O–H groups in total. The Kier molecular flexibility index (Phi) is 3.24. The summed E-state index contributed by atoms with van der Waals surface area (Å²) >= 11 is 0. The van der Waals surface area contributed by atoms with Gasteiger partial charge in [-0.2, -0.15) is 0 Å². The van der Waals surface area contributed by atoms with Crippen molar-refractivity contribution < 1.29 is 0 Å². The first kappa shape index (κ1) is 8.11. The number of nitrogens with one attached hydrogen (secondary N) is 2. The SMILES string of the molecule is CN=P(N)(NC)NC. The van der Waals surface area contributed by atoms with Crippen molar-refractivity contribution in [1.82, 2.24) is 10.2 Å². The first-order chi connectivity index (χ1) is 3.68. The van der Waals surface area contributed by atoms with Crippen LogP contribution in [0.25, 0.3) is 0 Å². The molecule has 0 atom stereocenters. The van der Waals surface area contributed by atoms with Gasteiger partial charge in [0.15, 0.2) is 7.51 Å². The van der Waals surface area contributed by atoms with Crippen molar-refractivity contribution in [3.05, 3.63) is 0 Å². The van der Waals surface area contributed by atoms with Crippen LogP contribution < -0.4 is 15.7 Å². The summed E-state index contributed by atoms with van der Waals surface area (Å²) in [4.78, 5) is 0. The number of nitrogens with zero attached hydrogens (tertiary/aromatic N) is 1. The summed E-state index contributed by atoms with van der Waals surface area (Å²) in [6.07, 6.45) is 0. The van der Waals surface area contributed by atoms with Gasteiger partial charge in [0.2, 0.25) is 0 Å². The topological polar surface area (TPSA) is 62.4 Å². The van der Waals surface area contributed by atoms with E-state index in [1.807, 2.05) is 0 Å². The fourth-order valence-corrected chi connectivity index (χ4v) is 0.935. The Morgan fingerprint density at radius 1 is 1.38 bits per heavy atom. The number of nitrogens with two attached hydrogens (primary N) is 1. The molecule has 0 bridgehead atoms. The first-order valence-electron chi connectivity index (χ1n) is 2.35. The molecule has 0 aliphatic rings. The molecule has 0 rings (SSSR count). The quantitative estimate of drug-likeness (QED) is 0.467. The molecule has 8 heavy (non-hydrogen) atoms. The Morgan fingerprint density at radius 3 is 1.75 bits per heavy atom. The van der Waals surface area contributed by atoms with E-state index in [9.17, 15) is 0 Å². The molecule has 0 heterocycles. The van der Waals surface area contributed by atoms with Gasteiger partial charge >= 0.3 is 0 Å². The van der Waals surface area contributed by atoms with E-state index in [1.165, 1.54) is 0 Å². The molecule has 0 aromatic carbocycles. The van der Waals surface area contributed by atoms with E-state index in [2.05, 4.69) is 14.9 Å². The van der Waals surface area contributed by atoms with Crippen molar-refractivity contribution in [1.29, 1.82) is 0 Å². The summed E-state index contributed by atoms with van der Waals surface area (Å²) < 4.78 is 3.92. The molecule has 0 saturated heterocycles. The standard InChI is InChI=1S/C3H13N4P/c1-5-8(4,6-2)7-3/h5-6H,4H2,1-3H3. The fourth-order valence-electron chi connectivity index (χ4n) is 0.312. The molecule has 0 amide bonds. The number of hydrogen-bond acceptors (Lipinski definition) is 1. The van der Waals surface area contributed by atoms with Crippen LogP contribution >= 0.6 is 7.51 Å². The van der Waals surface area contributed by atoms with E-state index in [1.54, 1.807) is 21.1 Å². The van der Waals surface area contributed by atoms with Gasteiger partial charge in [-0.1, -0.05) is 0 Å². The minimum atomic E-state index is -1.79. The summed E-state index contributed by atoms with van der Waals surface area (Å²) in [6.45, 7) is 0. The summed E-state index contributed by atoms with van der Waals surface area (Å²) in [5, 5.41) is 5.78. The third-order valence-corrected chi connectivity index (χ3v) is 2.99. The van der Waals surface area contributed by atoms with E-state index in [4.69, 9.17) is 5.50 Å². The maximum absolute atomic E-state index is 5.62. The van der Waals surface area contributed by atoms with Crippen molar-refractivity contribution in [2.24, 2.45) is 10.2 Å². The van der Waals surface area contributed by atoms with Gasteiger partial charge in [-0.05, 0) is 14.1 Å². The van der Waals surface area contributed by atoms with Crippen LogP contribution in [0.3, 0.4) is 0 Å². The minimum absolute atomic E-state index is 1.70. The monoisotopic (exact) mass is 136 g/mol. The van der Waals surface area contributed by atoms with E-state index < -0.39 is 7.51 Å². The average Bonchev–Trinajstić information content (AvgIpc) is 1.87. The van der Waals surface area contributed by atoms with E-state index in [0.717, 1.165) is 0 Å². The van der Waals surface area contributed by atoms with Crippen LogP contribution in [0.5, 0.6) is 0 Å². The van der Waals surface area contributed by atoms with Crippen molar-refractivity contribution >= 4 is 7.51 Å². The summed E-state index contributed by atoms with van der Waals surface area (Å²) in [6, 6.07) is 0. The molecule has 0 aromatic rings. The van der Waals surface area contributed by atoms with E-state index in [0.29, 0.717) is 0 Å².